The number of allylic oxidation sites excluding steroid dienone is 1. The number of carbonyl (C=O) groups excluding carboxylic acids is 1. The first-order valence-corrected chi connectivity index (χ1v) is 9.44. The van der Waals surface area contributed by atoms with Crippen molar-refractivity contribution in [1.82, 2.24) is 19.4 Å². The Morgan fingerprint density at radius 1 is 1.07 bits per heavy atom. The number of urea groups is 1. The number of hydrogen-bond acceptors (Lipinski definition) is 3. The number of nitriles is 1. The van der Waals surface area contributed by atoms with Gasteiger partial charge in [0.05, 0.1) is 30.2 Å². The highest BCUT2D eigenvalue weighted by atomic mass is 35.5. The van der Waals surface area contributed by atoms with E-state index in [-0.39, 0.29) is 6.03 Å². The highest BCUT2D eigenvalue weighted by Gasteiger charge is 2.27. The van der Waals surface area contributed by atoms with E-state index < -0.39 is 0 Å². The van der Waals surface area contributed by atoms with Crippen LogP contribution < -0.4 is 0 Å². The Morgan fingerprint density at radius 2 is 1.81 bits per heavy atom. The van der Waals surface area contributed by atoms with Gasteiger partial charge in [-0.15, -0.1) is 0 Å². The first kappa shape index (κ1) is 17.6. The summed E-state index contributed by atoms with van der Waals surface area (Å²) in [6.45, 7) is 3.38. The predicted molar refractivity (Wildman–Crippen MR) is 103 cm³/mol. The van der Waals surface area contributed by atoms with Gasteiger partial charge in [-0.1, -0.05) is 23.7 Å². The highest BCUT2D eigenvalue weighted by Crippen LogP contribution is 2.28. The third-order valence-corrected chi connectivity index (χ3v) is 5.52. The average Bonchev–Trinajstić information content (AvgIpc) is 3.18. The summed E-state index contributed by atoms with van der Waals surface area (Å²) in [5, 5.41) is 10.3. The molecule has 0 spiro atoms. The largest absolute Gasteiger partial charge is 0.331 e. The Labute approximate surface area is 163 Å². The minimum atomic E-state index is 0.0755. The van der Waals surface area contributed by atoms with Crippen molar-refractivity contribution in [1.29, 1.82) is 5.26 Å². The van der Waals surface area contributed by atoms with Crippen LogP contribution in [-0.4, -0.2) is 45.0 Å². The van der Waals surface area contributed by atoms with Gasteiger partial charge >= 0.3 is 6.03 Å². The number of piperidine rings is 1. The number of nitrogens with zero attached hydrogens (tertiary/aromatic N) is 5. The highest BCUT2D eigenvalue weighted by molar-refractivity contribution is 6.30. The Morgan fingerprint density at radius 3 is 2.52 bits per heavy atom. The molecule has 0 aliphatic carbocycles. The van der Waals surface area contributed by atoms with Crippen LogP contribution in [0.15, 0.2) is 42.4 Å². The van der Waals surface area contributed by atoms with Crippen molar-refractivity contribution in [2.75, 3.05) is 19.6 Å². The van der Waals surface area contributed by atoms with Crippen LogP contribution in [0.2, 0.25) is 5.02 Å². The van der Waals surface area contributed by atoms with E-state index in [1.54, 1.807) is 12.1 Å². The molecule has 0 bridgehead atoms. The van der Waals surface area contributed by atoms with Crippen molar-refractivity contribution in [2.45, 2.75) is 25.9 Å². The van der Waals surface area contributed by atoms with Crippen LogP contribution >= 0.6 is 11.6 Å². The molecule has 1 aromatic carbocycles. The van der Waals surface area contributed by atoms with E-state index in [2.05, 4.69) is 15.6 Å². The van der Waals surface area contributed by atoms with E-state index >= 15 is 0 Å². The van der Waals surface area contributed by atoms with Crippen molar-refractivity contribution in [3.05, 3.63) is 58.6 Å². The molecule has 27 heavy (non-hydrogen) atoms. The van der Waals surface area contributed by atoms with Gasteiger partial charge in [-0.3, -0.25) is 0 Å². The van der Waals surface area contributed by atoms with Crippen LogP contribution in [0, 0.1) is 11.3 Å². The van der Waals surface area contributed by atoms with Gasteiger partial charge in [0.15, 0.2) is 0 Å². The molecule has 0 saturated carbocycles. The topological polar surface area (TPSA) is 65.2 Å². The maximum Gasteiger partial charge on any atom is 0.320 e. The van der Waals surface area contributed by atoms with Gasteiger partial charge < -0.3 is 14.4 Å². The van der Waals surface area contributed by atoms with Gasteiger partial charge in [-0.2, -0.15) is 5.26 Å². The van der Waals surface area contributed by atoms with E-state index in [0.29, 0.717) is 36.8 Å². The van der Waals surface area contributed by atoms with Crippen molar-refractivity contribution in [3.8, 4) is 6.07 Å². The molecular formula is C20H20ClN5O. The molecule has 0 radical (unpaired) electrons. The zero-order chi connectivity index (χ0) is 18.8. The Kier molecular flexibility index (Phi) is 4.87. The summed E-state index contributed by atoms with van der Waals surface area (Å²) in [6.07, 6.45) is 5.09. The van der Waals surface area contributed by atoms with Crippen LogP contribution in [0.5, 0.6) is 0 Å². The fraction of sp³-hybridized carbons (Fsp3) is 0.350. The number of benzene rings is 1. The van der Waals surface area contributed by atoms with E-state index in [0.717, 1.165) is 36.2 Å². The molecule has 1 aromatic heterocycles. The number of halogens is 1. The number of rotatable bonds is 1. The van der Waals surface area contributed by atoms with Crippen LogP contribution in [0.1, 0.15) is 24.1 Å². The first-order valence-electron chi connectivity index (χ1n) is 9.06. The molecule has 3 heterocycles. The summed E-state index contributed by atoms with van der Waals surface area (Å²) in [7, 11) is 0. The van der Waals surface area contributed by atoms with Crippen LogP contribution in [-0.2, 0) is 13.1 Å². The first-order chi connectivity index (χ1) is 13.2. The minimum absolute atomic E-state index is 0.0755. The molecule has 1 saturated heterocycles. The maximum atomic E-state index is 12.9. The summed E-state index contributed by atoms with van der Waals surface area (Å²) in [5.41, 5.74) is 3.78. The molecule has 0 N–H and O–H groups in total. The molecular weight excluding hydrogens is 362 g/mol. The number of aromatic nitrogens is 2. The second-order valence-electron chi connectivity index (χ2n) is 6.87. The Bertz CT molecular complexity index is 915. The molecule has 2 aliphatic heterocycles. The number of hydrogen-bond donors (Lipinski definition) is 0. The lowest BCUT2D eigenvalue weighted by Crippen LogP contribution is -2.48. The van der Waals surface area contributed by atoms with Crippen LogP contribution in [0.3, 0.4) is 0 Å². The molecule has 4 rings (SSSR count). The Hall–Kier alpha value is -2.78. The monoisotopic (exact) mass is 381 g/mol. The van der Waals surface area contributed by atoms with E-state index in [1.807, 2.05) is 34.5 Å². The third-order valence-electron chi connectivity index (χ3n) is 5.27. The third kappa shape index (κ3) is 3.56. The summed E-state index contributed by atoms with van der Waals surface area (Å²) in [5.74, 6) is 0. The second-order valence-corrected chi connectivity index (χ2v) is 7.30. The molecule has 2 aliphatic rings. The van der Waals surface area contributed by atoms with Gasteiger partial charge in [0, 0.05) is 37.4 Å². The van der Waals surface area contributed by atoms with E-state index in [4.69, 9.17) is 11.6 Å². The minimum Gasteiger partial charge on any atom is -0.331 e. The van der Waals surface area contributed by atoms with Crippen molar-refractivity contribution in [3.63, 3.8) is 0 Å². The van der Waals surface area contributed by atoms with E-state index in [1.165, 1.54) is 0 Å². The molecule has 2 aromatic rings. The van der Waals surface area contributed by atoms with Gasteiger partial charge in [0.1, 0.15) is 0 Å². The van der Waals surface area contributed by atoms with Gasteiger partial charge in [0.25, 0.3) is 0 Å². The molecule has 0 atom stereocenters. The van der Waals surface area contributed by atoms with Crippen molar-refractivity contribution in [2.24, 2.45) is 0 Å². The lowest BCUT2D eigenvalue weighted by atomic mass is 9.94. The standard InChI is InChI=1S/C20H20ClN5O/c21-17-3-1-15(2-4-17)19(11-22)16-5-7-24(8-6-16)20(27)25-9-10-26-14-23-12-18(26)13-25/h1-4,12,14H,5-10,13H2. The lowest BCUT2D eigenvalue weighted by Gasteiger charge is -2.36. The summed E-state index contributed by atoms with van der Waals surface area (Å²) >= 11 is 5.94. The molecule has 0 unspecified atom stereocenters. The number of amides is 2. The molecule has 6 nitrogen and oxygen atoms in total. The number of imidazole rings is 1. The zero-order valence-electron chi connectivity index (χ0n) is 14.9. The second kappa shape index (κ2) is 7.45. The average molecular weight is 382 g/mol. The fourth-order valence-corrected chi connectivity index (χ4v) is 3.86. The van der Waals surface area contributed by atoms with Crippen molar-refractivity contribution < 1.29 is 4.79 Å². The normalized spacial score (nSPS) is 16.7. The quantitative estimate of drug-likeness (QED) is 0.709. The van der Waals surface area contributed by atoms with Gasteiger partial charge in [-0.05, 0) is 36.1 Å². The number of fused-ring (bicyclic) bond motifs is 1. The maximum absolute atomic E-state index is 12.9. The molecule has 1 fully saturated rings. The molecule has 2 amide bonds. The van der Waals surface area contributed by atoms with Crippen LogP contribution in [0.25, 0.3) is 5.57 Å². The lowest BCUT2D eigenvalue weighted by molar-refractivity contribution is 0.137. The summed E-state index contributed by atoms with van der Waals surface area (Å²) in [4.78, 5) is 20.8. The van der Waals surface area contributed by atoms with Crippen LogP contribution in [0.4, 0.5) is 4.79 Å². The van der Waals surface area contributed by atoms with Gasteiger partial charge in [-0.25, -0.2) is 9.78 Å². The van der Waals surface area contributed by atoms with Crippen molar-refractivity contribution >= 4 is 23.2 Å². The number of carbonyl (C=O) groups is 1. The predicted octanol–water partition coefficient (Wildman–Crippen LogP) is 3.55. The molecule has 7 heteroatoms. The zero-order valence-corrected chi connectivity index (χ0v) is 15.7. The fourth-order valence-electron chi connectivity index (χ4n) is 3.73. The smallest absolute Gasteiger partial charge is 0.320 e. The number of likely N-dealkylation sites (tertiary alicyclic amines) is 1. The summed E-state index contributed by atoms with van der Waals surface area (Å²) < 4.78 is 2.09. The summed E-state index contributed by atoms with van der Waals surface area (Å²) in [6, 6.07) is 9.77. The van der Waals surface area contributed by atoms with Gasteiger partial charge in [0.2, 0.25) is 0 Å². The van der Waals surface area contributed by atoms with E-state index in [9.17, 15) is 10.1 Å². The Balaban J connectivity index is 1.43. The molecule has 138 valence electrons. The SMILES string of the molecule is N#CC(=C1CCN(C(=O)N2CCn3cncc3C2)CC1)c1ccc(Cl)cc1.